The first-order valence-electron chi connectivity index (χ1n) is 12.3. The second kappa shape index (κ2) is 7.30. The van der Waals surface area contributed by atoms with Crippen molar-refractivity contribution in [1.29, 1.82) is 0 Å². The Bertz CT molecular complexity index is 1250. The zero-order chi connectivity index (χ0) is 25.6. The first-order chi connectivity index (χ1) is 16.9. The van der Waals surface area contributed by atoms with Crippen molar-refractivity contribution in [2.24, 2.45) is 10.8 Å². The molecule has 6 saturated carbocycles. The van der Waals surface area contributed by atoms with Crippen LogP contribution < -0.4 is 4.90 Å². The first kappa shape index (κ1) is 23.4. The van der Waals surface area contributed by atoms with Gasteiger partial charge in [-0.3, -0.25) is 4.79 Å². The molecule has 0 radical (unpaired) electrons. The number of halogens is 4. The van der Waals surface area contributed by atoms with E-state index in [1.165, 1.54) is 12.1 Å². The van der Waals surface area contributed by atoms with E-state index in [4.69, 9.17) is 11.1 Å². The lowest BCUT2D eigenvalue weighted by Crippen LogP contribution is -2.71. The molecule has 36 heavy (non-hydrogen) atoms. The molecule has 1 aromatic carbocycles. The van der Waals surface area contributed by atoms with Gasteiger partial charge >= 0.3 is 5.92 Å². The van der Waals surface area contributed by atoms with Crippen LogP contribution in [-0.4, -0.2) is 28.3 Å². The maximum atomic E-state index is 14.4. The van der Waals surface area contributed by atoms with Gasteiger partial charge in [-0.2, -0.15) is 13.8 Å². The summed E-state index contributed by atoms with van der Waals surface area (Å²) >= 11 is 0. The van der Waals surface area contributed by atoms with Crippen LogP contribution in [0.4, 0.5) is 28.9 Å². The summed E-state index contributed by atoms with van der Waals surface area (Å²) in [7, 11) is 0. The van der Waals surface area contributed by atoms with Gasteiger partial charge in [-0.15, -0.1) is 0 Å². The number of alkyl halides is 3. The Balaban J connectivity index is 1.26. The lowest BCUT2D eigenvalue weighted by atomic mass is 9.41. The van der Waals surface area contributed by atoms with Crippen molar-refractivity contribution < 1.29 is 26.9 Å². The van der Waals surface area contributed by atoms with E-state index in [0.29, 0.717) is 56.6 Å². The van der Waals surface area contributed by atoms with E-state index < -0.39 is 34.1 Å². The Morgan fingerprint density at radius 1 is 1.14 bits per heavy atom. The molecule has 0 spiro atoms. The molecule has 4 bridgehead atoms. The number of aromatic nitrogens is 2. The third kappa shape index (κ3) is 3.46. The number of carbonyl (C=O) groups excluding carboxylic acids is 1. The number of hydrogen-bond acceptors (Lipinski definition) is 4. The van der Waals surface area contributed by atoms with Gasteiger partial charge in [-0.05, 0) is 81.4 Å². The molecule has 1 aromatic heterocycles. The maximum absolute atomic E-state index is 14.4. The highest BCUT2D eigenvalue weighted by atomic mass is 19.3. The molecule has 10 heteroatoms. The highest BCUT2D eigenvalue weighted by Crippen LogP contribution is 2.70. The highest BCUT2D eigenvalue weighted by molar-refractivity contribution is 6.00. The van der Waals surface area contributed by atoms with E-state index in [1.54, 1.807) is 4.90 Å². The lowest BCUT2D eigenvalue weighted by molar-refractivity contribution is -0.211. The molecule has 0 N–H and O–H groups in total. The molecular formula is C26H26F4N4O2. The summed E-state index contributed by atoms with van der Waals surface area (Å²) in [4.78, 5) is 22.7. The fourth-order valence-corrected chi connectivity index (χ4v) is 7.03. The average Bonchev–Trinajstić information content (AvgIpc) is 3.32. The summed E-state index contributed by atoms with van der Waals surface area (Å²) in [6.45, 7) is 8.37. The Labute approximate surface area is 205 Å². The number of benzene rings is 1. The summed E-state index contributed by atoms with van der Waals surface area (Å²) in [6.07, 6.45) is 4.72. The predicted octanol–water partition coefficient (Wildman–Crippen LogP) is 6.39. The van der Waals surface area contributed by atoms with Crippen LogP contribution in [0.1, 0.15) is 76.4 Å². The van der Waals surface area contributed by atoms with E-state index in [0.717, 1.165) is 13.0 Å². The normalized spacial score (nSPS) is 34.4. The van der Waals surface area contributed by atoms with Gasteiger partial charge in [-0.1, -0.05) is 5.16 Å². The topological polar surface area (TPSA) is 63.6 Å². The van der Waals surface area contributed by atoms with Crippen LogP contribution in [0, 0.1) is 23.2 Å². The third-order valence-corrected chi connectivity index (χ3v) is 9.14. The number of nitrogens with zero attached hydrogens (tertiary/aromatic N) is 4. The summed E-state index contributed by atoms with van der Waals surface area (Å²) in [6, 6.07) is 3.91. The minimum absolute atomic E-state index is 0.104. The molecule has 1 amide bonds. The number of fused-ring (bicyclic) bond motifs is 3. The second-order valence-electron chi connectivity index (χ2n) is 11.7. The molecule has 1 heterocycles. The lowest BCUT2D eigenvalue weighted by Gasteiger charge is -2.65. The number of rotatable bonds is 6. The van der Waals surface area contributed by atoms with Crippen LogP contribution in [-0.2, 0) is 16.1 Å². The number of anilines is 1. The molecule has 6 aliphatic rings. The summed E-state index contributed by atoms with van der Waals surface area (Å²) in [5, 5.41) is 3.89. The minimum Gasteiger partial charge on any atom is -0.333 e. The van der Waals surface area contributed by atoms with Gasteiger partial charge in [-0.25, -0.2) is 13.6 Å². The van der Waals surface area contributed by atoms with Gasteiger partial charge in [0.25, 0.3) is 5.89 Å². The van der Waals surface area contributed by atoms with Crippen LogP contribution >= 0.6 is 0 Å². The van der Waals surface area contributed by atoms with E-state index in [9.17, 15) is 22.4 Å². The van der Waals surface area contributed by atoms with Crippen molar-refractivity contribution in [3.8, 4) is 0 Å². The summed E-state index contributed by atoms with van der Waals surface area (Å²) < 4.78 is 60.8. The van der Waals surface area contributed by atoms with Crippen molar-refractivity contribution in [1.82, 2.24) is 10.1 Å². The van der Waals surface area contributed by atoms with Gasteiger partial charge in [0.05, 0.1) is 12.0 Å². The quantitative estimate of drug-likeness (QED) is 0.339. The van der Waals surface area contributed by atoms with Gasteiger partial charge in [0.15, 0.2) is 11.5 Å². The molecule has 6 aliphatic carbocycles. The Morgan fingerprint density at radius 2 is 1.78 bits per heavy atom. The molecule has 8 rings (SSSR count). The molecule has 6 fully saturated rings. The van der Waals surface area contributed by atoms with Crippen molar-refractivity contribution in [2.45, 2.75) is 81.7 Å². The maximum Gasteiger partial charge on any atom is 0.322 e. The van der Waals surface area contributed by atoms with Gasteiger partial charge in [0.2, 0.25) is 5.91 Å². The van der Waals surface area contributed by atoms with Crippen LogP contribution in [0.25, 0.3) is 4.85 Å². The molecule has 0 saturated heterocycles. The van der Waals surface area contributed by atoms with E-state index in [2.05, 4.69) is 15.0 Å². The fraction of sp³-hybridized carbons (Fsp3) is 0.615. The molecule has 2 aromatic rings. The van der Waals surface area contributed by atoms with E-state index in [1.807, 2.05) is 0 Å². The standard InChI is InChI=1S/C26H26F4N4O2/c1-22(28,29)20-32-19(33-36-20)24-6-3-23(4-7-24,5-8-24)15-34(18-10-16(27)9-17(11-18)31-2)21(35)25-12-26(30,13-25)14-25/h9-11H,3-8,12-15H2,1H3. The zero-order valence-electron chi connectivity index (χ0n) is 19.9. The Morgan fingerprint density at radius 3 is 2.31 bits per heavy atom. The molecule has 6 nitrogen and oxygen atoms in total. The summed E-state index contributed by atoms with van der Waals surface area (Å²) in [5.41, 5.74) is -2.25. The van der Waals surface area contributed by atoms with Crippen LogP contribution in [0.15, 0.2) is 22.7 Å². The first-order valence-corrected chi connectivity index (χ1v) is 12.3. The van der Waals surface area contributed by atoms with Crippen LogP contribution in [0.5, 0.6) is 0 Å². The Hall–Kier alpha value is -2.96. The second-order valence-corrected chi connectivity index (χ2v) is 11.7. The van der Waals surface area contributed by atoms with Crippen molar-refractivity contribution in [3.63, 3.8) is 0 Å². The monoisotopic (exact) mass is 502 g/mol. The van der Waals surface area contributed by atoms with Crippen LogP contribution in [0.2, 0.25) is 0 Å². The largest absolute Gasteiger partial charge is 0.333 e. The number of amides is 1. The van der Waals surface area contributed by atoms with Crippen molar-refractivity contribution in [3.05, 3.63) is 47.1 Å². The molecule has 0 atom stereocenters. The fourth-order valence-electron chi connectivity index (χ4n) is 7.03. The summed E-state index contributed by atoms with van der Waals surface area (Å²) in [5.74, 6) is -4.37. The molecule has 190 valence electrons. The molecular weight excluding hydrogens is 476 g/mol. The predicted molar refractivity (Wildman–Crippen MR) is 121 cm³/mol. The van der Waals surface area contributed by atoms with Crippen LogP contribution in [0.3, 0.4) is 0 Å². The smallest absolute Gasteiger partial charge is 0.322 e. The average molecular weight is 503 g/mol. The molecule has 0 aliphatic heterocycles. The van der Waals surface area contributed by atoms with Crippen molar-refractivity contribution >= 4 is 17.3 Å². The highest BCUT2D eigenvalue weighted by Gasteiger charge is 2.73. The zero-order valence-corrected chi connectivity index (χ0v) is 19.9. The number of hydrogen-bond donors (Lipinski definition) is 0. The van der Waals surface area contributed by atoms with E-state index >= 15 is 0 Å². The number of carbonyl (C=O) groups is 1. The van der Waals surface area contributed by atoms with E-state index in [-0.39, 0.29) is 36.3 Å². The van der Waals surface area contributed by atoms with Crippen molar-refractivity contribution in [2.75, 3.05) is 11.4 Å². The Kier molecular flexibility index (Phi) is 4.75. The SMILES string of the molecule is [C-]#[N+]c1cc(F)cc(N(CC23CCC(c4noc(C(C)(F)F)n4)(CC2)CC3)C(=O)C23CC(F)(C2)C3)c1. The third-order valence-electron chi connectivity index (χ3n) is 9.14. The van der Waals surface area contributed by atoms with Gasteiger partial charge in [0.1, 0.15) is 11.5 Å². The van der Waals surface area contributed by atoms with Gasteiger partial charge < -0.3 is 9.42 Å². The molecule has 0 unspecified atom stereocenters. The minimum atomic E-state index is -3.20. The van der Waals surface area contributed by atoms with Gasteiger partial charge in [0, 0.05) is 24.6 Å².